The summed E-state index contributed by atoms with van der Waals surface area (Å²) < 4.78 is 12.6. The summed E-state index contributed by atoms with van der Waals surface area (Å²) >= 11 is 14.8. The first-order valence-corrected chi connectivity index (χ1v) is 8.27. The van der Waals surface area contributed by atoms with E-state index in [0.717, 1.165) is 15.4 Å². The number of alkyl halides is 2. The van der Waals surface area contributed by atoms with Crippen molar-refractivity contribution < 1.29 is 9.47 Å². The van der Waals surface area contributed by atoms with Crippen molar-refractivity contribution in [3.05, 3.63) is 8.96 Å². The van der Waals surface area contributed by atoms with Crippen molar-refractivity contribution in [2.75, 3.05) is 20.8 Å². The van der Waals surface area contributed by atoms with Crippen molar-refractivity contribution >= 4 is 63.7 Å². The van der Waals surface area contributed by atoms with E-state index in [4.69, 9.17) is 15.2 Å². The van der Waals surface area contributed by atoms with Gasteiger partial charge in [0.25, 0.3) is 0 Å². The fraction of sp³-hybridized carbons (Fsp3) is 0.800. The van der Waals surface area contributed by atoms with Gasteiger partial charge in [-0.3, -0.25) is 0 Å². The standard InChI is InChI=1S/C10H13Br4NO2/c1-16-10(17-2)8(13)3-5(4-15)9(10,14)7(12)6(8)11/h5H,3-4,15H2,1-2H3/t5-,8-,9+/m1/s1. The quantitative estimate of drug-likeness (QED) is 0.480. The Morgan fingerprint density at radius 2 is 1.76 bits per heavy atom. The van der Waals surface area contributed by atoms with E-state index in [9.17, 15) is 0 Å². The van der Waals surface area contributed by atoms with E-state index in [2.05, 4.69) is 63.7 Å². The van der Waals surface area contributed by atoms with Crippen molar-refractivity contribution in [2.24, 2.45) is 11.7 Å². The molecule has 98 valence electrons. The van der Waals surface area contributed by atoms with Crippen LogP contribution >= 0.6 is 63.7 Å². The molecule has 2 rings (SSSR count). The zero-order valence-electron chi connectivity index (χ0n) is 9.40. The van der Waals surface area contributed by atoms with Crippen molar-refractivity contribution in [1.82, 2.24) is 0 Å². The van der Waals surface area contributed by atoms with Gasteiger partial charge >= 0.3 is 0 Å². The van der Waals surface area contributed by atoms with E-state index in [1.54, 1.807) is 14.2 Å². The molecule has 0 aromatic rings. The molecule has 2 aliphatic rings. The molecule has 0 saturated heterocycles. The lowest BCUT2D eigenvalue weighted by atomic mass is 9.92. The predicted octanol–water partition coefficient (Wildman–Crippen LogP) is 3.24. The molecular weight excluding hydrogens is 486 g/mol. The number of nitrogens with two attached hydrogens (primary N) is 1. The molecule has 17 heavy (non-hydrogen) atoms. The Hall–Kier alpha value is 1.54. The summed E-state index contributed by atoms with van der Waals surface area (Å²) in [5.41, 5.74) is 5.88. The summed E-state index contributed by atoms with van der Waals surface area (Å²) in [6, 6.07) is 0. The summed E-state index contributed by atoms with van der Waals surface area (Å²) in [4.78, 5) is 0. The fourth-order valence-corrected chi connectivity index (χ4v) is 7.90. The van der Waals surface area contributed by atoms with Crippen LogP contribution < -0.4 is 5.73 Å². The topological polar surface area (TPSA) is 44.5 Å². The largest absolute Gasteiger partial charge is 0.350 e. The molecule has 1 fully saturated rings. The van der Waals surface area contributed by atoms with Crippen LogP contribution in [0, 0.1) is 5.92 Å². The van der Waals surface area contributed by atoms with Gasteiger partial charge < -0.3 is 15.2 Å². The maximum Gasteiger partial charge on any atom is 0.208 e. The highest BCUT2D eigenvalue weighted by atomic mass is 79.9. The maximum atomic E-state index is 5.88. The lowest BCUT2D eigenvalue weighted by Gasteiger charge is -2.42. The molecule has 0 aliphatic heterocycles. The molecule has 0 radical (unpaired) electrons. The minimum absolute atomic E-state index is 0.220. The Kier molecular flexibility index (Phi) is 3.98. The molecule has 0 amide bonds. The highest BCUT2D eigenvalue weighted by Crippen LogP contribution is 2.73. The smallest absolute Gasteiger partial charge is 0.208 e. The van der Waals surface area contributed by atoms with Gasteiger partial charge in [0.1, 0.15) is 8.65 Å². The van der Waals surface area contributed by atoms with E-state index in [-0.39, 0.29) is 5.92 Å². The van der Waals surface area contributed by atoms with Gasteiger partial charge in [0.05, 0.1) is 0 Å². The Morgan fingerprint density at radius 1 is 1.24 bits per heavy atom. The minimum atomic E-state index is -0.818. The van der Waals surface area contributed by atoms with Crippen molar-refractivity contribution in [1.29, 1.82) is 0 Å². The third-order valence-corrected chi connectivity index (χ3v) is 10.3. The third kappa shape index (κ3) is 1.42. The lowest BCUT2D eigenvalue weighted by Crippen LogP contribution is -2.56. The molecule has 0 aromatic carbocycles. The Labute approximate surface area is 134 Å². The Balaban J connectivity index is 2.68. The van der Waals surface area contributed by atoms with Crippen LogP contribution in [0.25, 0.3) is 0 Å². The lowest BCUT2D eigenvalue weighted by molar-refractivity contribution is -0.212. The number of methoxy groups -OCH3 is 2. The van der Waals surface area contributed by atoms with Crippen LogP contribution in [0.4, 0.5) is 0 Å². The number of ether oxygens (including phenoxy) is 2. The third-order valence-electron chi connectivity index (χ3n) is 3.81. The highest BCUT2D eigenvalue weighted by Gasteiger charge is 2.79. The van der Waals surface area contributed by atoms with Gasteiger partial charge in [0.15, 0.2) is 0 Å². The summed E-state index contributed by atoms with van der Waals surface area (Å²) in [5.74, 6) is -0.598. The van der Waals surface area contributed by atoms with E-state index < -0.39 is 14.4 Å². The molecule has 0 aromatic heterocycles. The summed E-state index contributed by atoms with van der Waals surface area (Å²) in [7, 11) is 3.31. The molecule has 3 nitrogen and oxygen atoms in total. The van der Waals surface area contributed by atoms with Gasteiger partial charge in [-0.2, -0.15) is 0 Å². The second kappa shape index (κ2) is 4.53. The van der Waals surface area contributed by atoms with Crippen molar-refractivity contribution in [3.63, 3.8) is 0 Å². The first kappa shape index (κ1) is 14.9. The van der Waals surface area contributed by atoms with Crippen LogP contribution in [0.1, 0.15) is 6.42 Å². The van der Waals surface area contributed by atoms with Gasteiger partial charge in [-0.1, -0.05) is 63.7 Å². The number of hydrogen-bond donors (Lipinski definition) is 1. The molecule has 0 spiro atoms. The summed E-state index contributed by atoms with van der Waals surface area (Å²) in [5, 5.41) is 0. The molecular formula is C10H13Br4NO2. The predicted molar refractivity (Wildman–Crippen MR) is 82.1 cm³/mol. The van der Waals surface area contributed by atoms with E-state index >= 15 is 0 Å². The second-order valence-corrected chi connectivity index (χ2v) is 8.49. The highest BCUT2D eigenvalue weighted by molar-refractivity contribution is 9.16. The van der Waals surface area contributed by atoms with Crippen LogP contribution in [-0.2, 0) is 9.47 Å². The van der Waals surface area contributed by atoms with Crippen LogP contribution in [0.2, 0.25) is 0 Å². The van der Waals surface area contributed by atoms with Gasteiger partial charge in [0, 0.05) is 23.2 Å². The second-order valence-electron chi connectivity index (χ2n) is 4.30. The van der Waals surface area contributed by atoms with Gasteiger partial charge in [-0.25, -0.2) is 0 Å². The van der Waals surface area contributed by atoms with Crippen LogP contribution in [0.5, 0.6) is 0 Å². The molecule has 1 saturated carbocycles. The first-order chi connectivity index (χ1) is 7.85. The van der Waals surface area contributed by atoms with Crippen molar-refractivity contribution in [3.8, 4) is 0 Å². The molecule has 3 atom stereocenters. The van der Waals surface area contributed by atoms with Gasteiger partial charge in [-0.15, -0.1) is 0 Å². The van der Waals surface area contributed by atoms with Crippen molar-refractivity contribution in [2.45, 2.75) is 20.9 Å². The number of fused-ring (bicyclic) bond motifs is 2. The zero-order chi connectivity index (χ0) is 13.1. The van der Waals surface area contributed by atoms with Gasteiger partial charge in [0.2, 0.25) is 5.79 Å². The van der Waals surface area contributed by atoms with Crippen LogP contribution in [-0.4, -0.2) is 35.2 Å². The maximum absolute atomic E-state index is 5.88. The average molecular weight is 499 g/mol. The first-order valence-electron chi connectivity index (χ1n) is 5.10. The minimum Gasteiger partial charge on any atom is -0.350 e. The summed E-state index contributed by atoms with van der Waals surface area (Å²) in [6.45, 7) is 0.558. The van der Waals surface area contributed by atoms with Crippen LogP contribution in [0.15, 0.2) is 8.96 Å². The average Bonchev–Trinajstić information content (AvgIpc) is 2.60. The van der Waals surface area contributed by atoms with Crippen LogP contribution in [0.3, 0.4) is 0 Å². The Morgan fingerprint density at radius 3 is 2.12 bits per heavy atom. The number of hydrogen-bond acceptors (Lipinski definition) is 3. The molecule has 0 heterocycles. The Bertz CT molecular complexity index is 385. The number of halogens is 4. The van der Waals surface area contributed by atoms with E-state index in [1.165, 1.54) is 0 Å². The zero-order valence-corrected chi connectivity index (χ0v) is 15.7. The summed E-state index contributed by atoms with van der Waals surface area (Å²) in [6.07, 6.45) is 0.839. The van der Waals surface area contributed by atoms with E-state index in [0.29, 0.717) is 6.54 Å². The van der Waals surface area contributed by atoms with E-state index in [1.807, 2.05) is 0 Å². The SMILES string of the molecule is COC1(OC)[C@@]2(Br)C[C@H](CN)[C@]1(Br)C(Br)=C2Br. The molecule has 2 N–H and O–H groups in total. The molecule has 2 bridgehead atoms. The molecule has 7 heteroatoms. The normalized spacial score (nSPS) is 43.6. The monoisotopic (exact) mass is 495 g/mol. The van der Waals surface area contributed by atoms with Gasteiger partial charge in [-0.05, 0) is 18.9 Å². The molecule has 0 unspecified atom stereocenters. The number of rotatable bonds is 3. The molecule has 2 aliphatic carbocycles. The fourth-order valence-electron chi connectivity index (χ4n) is 3.01.